The second-order valence-electron chi connectivity index (χ2n) is 7.01. The number of nitrogens with zero attached hydrogens (tertiary/aromatic N) is 2. The summed E-state index contributed by atoms with van der Waals surface area (Å²) in [7, 11) is 1.78. The highest BCUT2D eigenvalue weighted by atomic mass is 16.5. The Kier molecular flexibility index (Phi) is 5.56. The number of amides is 1. The van der Waals surface area contributed by atoms with E-state index in [0.29, 0.717) is 32.1 Å². The Balaban J connectivity index is 1.65. The molecule has 0 unspecified atom stereocenters. The number of nitrogens with one attached hydrogen (secondary N) is 1. The summed E-state index contributed by atoms with van der Waals surface area (Å²) < 4.78 is 11.3. The third-order valence-electron chi connectivity index (χ3n) is 5.66. The van der Waals surface area contributed by atoms with Crippen molar-refractivity contribution in [1.82, 2.24) is 15.1 Å². The molecule has 0 spiro atoms. The molecule has 6 heteroatoms. The zero-order chi connectivity index (χ0) is 17.1. The predicted octanol–water partition coefficient (Wildman–Crippen LogP) is 2.00. The Labute approximate surface area is 143 Å². The largest absolute Gasteiger partial charge is 0.381 e. The fraction of sp³-hybridized carbons (Fsp3) is 0.778. The van der Waals surface area contributed by atoms with Gasteiger partial charge in [0, 0.05) is 31.7 Å². The monoisotopic (exact) mass is 335 g/mol. The third kappa shape index (κ3) is 3.49. The van der Waals surface area contributed by atoms with Gasteiger partial charge in [-0.2, -0.15) is 5.10 Å². The summed E-state index contributed by atoms with van der Waals surface area (Å²) in [5.41, 5.74) is 3.23. The van der Waals surface area contributed by atoms with Crippen LogP contribution in [0.4, 0.5) is 0 Å². The highest BCUT2D eigenvalue weighted by Crippen LogP contribution is 2.34. The highest BCUT2D eigenvalue weighted by Gasteiger charge is 2.40. The molecule has 0 bridgehead atoms. The molecule has 2 fully saturated rings. The number of aromatic nitrogens is 2. The Bertz CT molecular complexity index is 552. The number of morpholine rings is 1. The van der Waals surface area contributed by atoms with Crippen LogP contribution in [-0.2, 0) is 20.7 Å². The van der Waals surface area contributed by atoms with Gasteiger partial charge in [0.2, 0.25) is 5.91 Å². The Morgan fingerprint density at radius 3 is 2.96 bits per heavy atom. The van der Waals surface area contributed by atoms with Gasteiger partial charge in [-0.1, -0.05) is 6.42 Å². The average Bonchev–Trinajstić information content (AvgIpc) is 3.19. The molecule has 1 aliphatic carbocycles. The van der Waals surface area contributed by atoms with Crippen LogP contribution in [-0.4, -0.2) is 60.0 Å². The first-order valence-electron chi connectivity index (χ1n) is 9.02. The normalized spacial score (nSPS) is 27.6. The second kappa shape index (κ2) is 7.66. The van der Waals surface area contributed by atoms with Crippen LogP contribution < -0.4 is 0 Å². The van der Waals surface area contributed by atoms with Crippen LogP contribution in [0.25, 0.3) is 0 Å². The van der Waals surface area contributed by atoms with Crippen molar-refractivity contribution in [1.29, 1.82) is 0 Å². The van der Waals surface area contributed by atoms with Crippen molar-refractivity contribution in [2.75, 3.05) is 26.9 Å². The molecule has 24 heavy (non-hydrogen) atoms. The quantitative estimate of drug-likeness (QED) is 0.894. The maximum atomic E-state index is 12.9. The van der Waals surface area contributed by atoms with Gasteiger partial charge in [-0.25, -0.2) is 0 Å². The first-order chi connectivity index (χ1) is 11.6. The number of rotatable bonds is 5. The van der Waals surface area contributed by atoms with E-state index < -0.39 is 0 Å². The van der Waals surface area contributed by atoms with E-state index in [2.05, 4.69) is 15.1 Å². The molecule has 0 radical (unpaired) electrons. The minimum absolute atomic E-state index is 0.158. The molecule has 2 heterocycles. The minimum atomic E-state index is 0.158. The smallest absolute Gasteiger partial charge is 0.223 e. The zero-order valence-corrected chi connectivity index (χ0v) is 15.0. The van der Waals surface area contributed by atoms with Crippen LogP contribution in [0.15, 0.2) is 0 Å². The maximum absolute atomic E-state index is 12.9. The van der Waals surface area contributed by atoms with Crippen LogP contribution in [0.3, 0.4) is 0 Å². The molecule has 2 aliphatic rings. The molecule has 3 atom stereocenters. The molecule has 134 valence electrons. The van der Waals surface area contributed by atoms with Crippen LogP contribution in [0.2, 0.25) is 0 Å². The summed E-state index contributed by atoms with van der Waals surface area (Å²) in [6.45, 7) is 5.97. The third-order valence-corrected chi connectivity index (χ3v) is 5.66. The summed E-state index contributed by atoms with van der Waals surface area (Å²) in [5, 5.41) is 7.21. The molecule has 1 aliphatic heterocycles. The van der Waals surface area contributed by atoms with Crippen molar-refractivity contribution in [2.45, 2.75) is 58.1 Å². The number of hydrogen-bond donors (Lipinski definition) is 1. The van der Waals surface area contributed by atoms with Gasteiger partial charge in [0.25, 0.3) is 0 Å². The van der Waals surface area contributed by atoms with Gasteiger partial charge in [0.05, 0.1) is 31.1 Å². The number of ether oxygens (including phenoxy) is 2. The van der Waals surface area contributed by atoms with Crippen molar-refractivity contribution >= 4 is 5.91 Å². The zero-order valence-electron chi connectivity index (χ0n) is 15.0. The molecule has 1 N–H and O–H groups in total. The van der Waals surface area contributed by atoms with Gasteiger partial charge in [-0.05, 0) is 38.7 Å². The number of carbonyl (C=O) groups is 1. The van der Waals surface area contributed by atoms with E-state index in [0.717, 1.165) is 30.7 Å². The number of methoxy groups -OCH3 is 1. The first-order valence-corrected chi connectivity index (χ1v) is 9.02. The molecule has 6 nitrogen and oxygen atoms in total. The summed E-state index contributed by atoms with van der Waals surface area (Å²) in [4.78, 5) is 14.9. The van der Waals surface area contributed by atoms with E-state index >= 15 is 0 Å². The van der Waals surface area contributed by atoms with Crippen molar-refractivity contribution in [3.63, 3.8) is 0 Å². The second-order valence-corrected chi connectivity index (χ2v) is 7.01. The molecule has 3 rings (SSSR count). The van der Waals surface area contributed by atoms with Crippen LogP contribution >= 0.6 is 0 Å². The summed E-state index contributed by atoms with van der Waals surface area (Å²) in [6.07, 6.45) is 4.92. The number of carbonyl (C=O) groups excluding carboxylic acids is 1. The molecule has 1 aromatic rings. The van der Waals surface area contributed by atoms with Gasteiger partial charge in [-0.15, -0.1) is 0 Å². The Morgan fingerprint density at radius 1 is 1.42 bits per heavy atom. The summed E-state index contributed by atoms with van der Waals surface area (Å²) in [6, 6.07) is 0.158. The standard InChI is InChI=1S/C18H29N3O3/c1-12-14(13(2)20-19-12)7-8-18(22)21-9-10-24-11-16(21)15-5-4-6-17(15)23-3/h15-17H,4-11H2,1-3H3,(H,19,20)/t15-,16+,17+/m0/s1. The van der Waals surface area contributed by atoms with Gasteiger partial charge in [-0.3, -0.25) is 9.89 Å². The first kappa shape index (κ1) is 17.4. The van der Waals surface area contributed by atoms with Gasteiger partial charge in [0.1, 0.15) is 0 Å². The van der Waals surface area contributed by atoms with Gasteiger partial charge >= 0.3 is 0 Å². The maximum Gasteiger partial charge on any atom is 0.223 e. The average molecular weight is 335 g/mol. The molecule has 1 amide bonds. The van der Waals surface area contributed by atoms with E-state index in [9.17, 15) is 4.79 Å². The SMILES string of the molecule is CO[C@@H]1CCC[C@H]1[C@H]1COCCN1C(=O)CCc1c(C)n[nH]c1C. The molecule has 1 saturated heterocycles. The Morgan fingerprint density at radius 2 is 2.25 bits per heavy atom. The number of hydrogen-bond acceptors (Lipinski definition) is 4. The van der Waals surface area contributed by atoms with Crippen molar-refractivity contribution in [3.05, 3.63) is 17.0 Å². The van der Waals surface area contributed by atoms with E-state index in [1.807, 2.05) is 13.8 Å². The lowest BCUT2D eigenvalue weighted by Gasteiger charge is -2.40. The van der Waals surface area contributed by atoms with Gasteiger partial charge < -0.3 is 14.4 Å². The summed E-state index contributed by atoms with van der Waals surface area (Å²) >= 11 is 0. The van der Waals surface area contributed by atoms with Crippen molar-refractivity contribution in [2.24, 2.45) is 5.92 Å². The molecule has 0 aromatic carbocycles. The molecule has 1 saturated carbocycles. The predicted molar refractivity (Wildman–Crippen MR) is 90.8 cm³/mol. The van der Waals surface area contributed by atoms with Gasteiger partial charge in [0.15, 0.2) is 0 Å². The fourth-order valence-electron chi connectivity index (χ4n) is 4.29. The molecular formula is C18H29N3O3. The lowest BCUT2D eigenvalue weighted by molar-refractivity contribution is -0.144. The topological polar surface area (TPSA) is 67.5 Å². The minimum Gasteiger partial charge on any atom is -0.381 e. The lowest BCUT2D eigenvalue weighted by atomic mass is 9.93. The molecular weight excluding hydrogens is 306 g/mol. The highest BCUT2D eigenvalue weighted by molar-refractivity contribution is 5.77. The number of aryl methyl sites for hydroxylation is 2. The van der Waals surface area contributed by atoms with Crippen LogP contribution in [0, 0.1) is 19.8 Å². The van der Waals surface area contributed by atoms with Crippen LogP contribution in [0.5, 0.6) is 0 Å². The fourth-order valence-corrected chi connectivity index (χ4v) is 4.29. The van der Waals surface area contributed by atoms with E-state index in [1.165, 1.54) is 12.0 Å². The lowest BCUT2D eigenvalue weighted by Crippen LogP contribution is -2.53. The van der Waals surface area contributed by atoms with E-state index in [4.69, 9.17) is 9.47 Å². The van der Waals surface area contributed by atoms with Crippen LogP contribution in [0.1, 0.15) is 42.6 Å². The molecule has 1 aromatic heterocycles. The number of H-pyrrole nitrogens is 1. The Hall–Kier alpha value is -1.40. The van der Waals surface area contributed by atoms with E-state index in [-0.39, 0.29) is 18.1 Å². The van der Waals surface area contributed by atoms with Crippen molar-refractivity contribution in [3.8, 4) is 0 Å². The number of aromatic amines is 1. The summed E-state index contributed by atoms with van der Waals surface area (Å²) in [5.74, 6) is 0.627. The van der Waals surface area contributed by atoms with E-state index in [1.54, 1.807) is 7.11 Å². The van der Waals surface area contributed by atoms with Crippen molar-refractivity contribution < 1.29 is 14.3 Å².